The van der Waals surface area contributed by atoms with Gasteiger partial charge in [-0.15, -0.1) is 23.7 Å². The van der Waals surface area contributed by atoms with Crippen LogP contribution in [0.2, 0.25) is 0 Å². The van der Waals surface area contributed by atoms with Gasteiger partial charge in [0.05, 0.1) is 32.3 Å². The van der Waals surface area contributed by atoms with Gasteiger partial charge in [0.2, 0.25) is 0 Å². The zero-order valence-corrected chi connectivity index (χ0v) is 30.7. The van der Waals surface area contributed by atoms with Crippen LogP contribution in [-0.2, 0) is 4.79 Å². The fraction of sp³-hybridized carbons (Fsp3) is 0.152. The molecule has 5 rings (SSSR count). The number of aromatic nitrogens is 3. The van der Waals surface area contributed by atoms with E-state index in [4.69, 9.17) is 11.1 Å². The third-order valence-corrected chi connectivity index (χ3v) is 9.24. The van der Waals surface area contributed by atoms with Crippen molar-refractivity contribution in [1.82, 2.24) is 20.3 Å². The zero-order chi connectivity index (χ0) is 36.3. The van der Waals surface area contributed by atoms with Crippen molar-refractivity contribution in [3.05, 3.63) is 92.6 Å². The van der Waals surface area contributed by atoms with E-state index in [0.717, 1.165) is 10.1 Å². The molecule has 15 nitrogen and oxygen atoms in total. The molecule has 1 aromatic carbocycles. The number of H-pyrrole nitrogens is 3. The molecule has 51 heavy (non-hydrogen) atoms. The molecule has 0 saturated heterocycles. The lowest BCUT2D eigenvalue weighted by Crippen LogP contribution is -2.28. The first kappa shape index (κ1) is 38.2. The summed E-state index contributed by atoms with van der Waals surface area (Å²) in [6, 6.07) is 7.03. The molecule has 0 spiro atoms. The predicted molar refractivity (Wildman–Crippen MR) is 205 cm³/mol. The summed E-state index contributed by atoms with van der Waals surface area (Å²) in [5.41, 5.74) is 9.26. The van der Waals surface area contributed by atoms with Crippen molar-refractivity contribution in [2.75, 3.05) is 27.8 Å². The number of aromatic amines is 3. The molecule has 18 heteroatoms. The first-order valence-electron chi connectivity index (χ1n) is 15.0. The van der Waals surface area contributed by atoms with E-state index in [1.165, 1.54) is 29.9 Å². The summed E-state index contributed by atoms with van der Waals surface area (Å²) in [7, 11) is 0. The van der Waals surface area contributed by atoms with Gasteiger partial charge in [0, 0.05) is 58.6 Å². The topological polar surface area (TPSA) is 243 Å². The smallest absolute Gasteiger partial charge is 0.272 e. The molecule has 0 atom stereocenters. The number of fused-ring (bicyclic) bond motifs is 1. The number of nitrogens with two attached hydrogens (primary N) is 1. The molecule has 266 valence electrons. The largest absolute Gasteiger partial charge is 0.388 e. The second kappa shape index (κ2) is 15.9. The fourth-order valence-corrected chi connectivity index (χ4v) is 6.01. The Morgan fingerprint density at radius 3 is 1.76 bits per heavy atom. The number of anilines is 4. The Balaban J connectivity index is 0.00000583. The Labute approximate surface area is 309 Å². The Kier molecular flexibility index (Phi) is 11.9. The minimum atomic E-state index is -0.485. The summed E-state index contributed by atoms with van der Waals surface area (Å²) in [4.78, 5) is 73.0. The van der Waals surface area contributed by atoms with Crippen LogP contribution in [0, 0.1) is 26.2 Å². The van der Waals surface area contributed by atoms with Gasteiger partial charge in [0.25, 0.3) is 29.5 Å². The van der Waals surface area contributed by atoms with E-state index in [2.05, 4.69) is 64.0 Å². The van der Waals surface area contributed by atoms with Crippen LogP contribution >= 0.6 is 39.7 Å². The third kappa shape index (κ3) is 8.57. The Morgan fingerprint density at radius 1 is 0.784 bits per heavy atom. The number of benzene rings is 1. The van der Waals surface area contributed by atoms with Gasteiger partial charge in [-0.25, -0.2) is 0 Å². The summed E-state index contributed by atoms with van der Waals surface area (Å²) in [5.74, 6) is -2.14. The van der Waals surface area contributed by atoms with Crippen molar-refractivity contribution >= 4 is 108 Å². The molecule has 4 heterocycles. The number of carbonyl (C=O) groups is 5. The molecule has 0 aliphatic heterocycles. The van der Waals surface area contributed by atoms with Crippen molar-refractivity contribution in [2.24, 2.45) is 5.73 Å². The molecule has 0 bridgehead atoms. The van der Waals surface area contributed by atoms with Gasteiger partial charge in [-0.05, 0) is 66.4 Å². The van der Waals surface area contributed by atoms with E-state index < -0.39 is 17.7 Å². The van der Waals surface area contributed by atoms with Crippen LogP contribution < -0.4 is 32.3 Å². The van der Waals surface area contributed by atoms with Crippen LogP contribution in [0.3, 0.4) is 0 Å². The highest BCUT2D eigenvalue weighted by atomic mass is 79.9. The third-order valence-electron chi connectivity index (χ3n) is 7.77. The van der Waals surface area contributed by atoms with Crippen molar-refractivity contribution in [1.29, 1.82) is 5.41 Å². The van der Waals surface area contributed by atoms with Crippen molar-refractivity contribution in [3.63, 3.8) is 0 Å². The highest BCUT2D eigenvalue weighted by molar-refractivity contribution is 9.12. The number of hydrogen-bond donors (Lipinski definition) is 10. The molecule has 5 aromatic rings. The van der Waals surface area contributed by atoms with Gasteiger partial charge in [-0.1, -0.05) is 6.58 Å². The molecule has 11 N–H and O–H groups in total. The van der Waals surface area contributed by atoms with Crippen LogP contribution in [0.4, 0.5) is 22.7 Å². The van der Waals surface area contributed by atoms with Crippen LogP contribution in [0.25, 0.3) is 10.1 Å². The summed E-state index contributed by atoms with van der Waals surface area (Å²) >= 11 is 4.34. The van der Waals surface area contributed by atoms with E-state index in [1.54, 1.807) is 39.0 Å². The molecule has 0 radical (unpaired) electrons. The van der Waals surface area contributed by atoms with E-state index in [-0.39, 0.29) is 64.6 Å². The number of nitrogens with one attached hydrogen (secondary N) is 9. The minimum absolute atomic E-state index is 0. The Bertz CT molecular complexity index is 2210. The maximum absolute atomic E-state index is 13.3. The number of amides is 5. The molecule has 0 saturated carbocycles. The summed E-state index contributed by atoms with van der Waals surface area (Å²) < 4.78 is 1.05. The lowest BCUT2D eigenvalue weighted by Gasteiger charge is -2.07. The number of hydrogen-bond acceptors (Lipinski definition) is 7. The van der Waals surface area contributed by atoms with Crippen molar-refractivity contribution in [2.45, 2.75) is 27.2 Å². The van der Waals surface area contributed by atoms with Crippen molar-refractivity contribution < 1.29 is 24.0 Å². The van der Waals surface area contributed by atoms with E-state index in [9.17, 15) is 24.0 Å². The molecule has 4 aromatic heterocycles. The van der Waals surface area contributed by atoms with E-state index in [0.29, 0.717) is 44.3 Å². The zero-order valence-electron chi connectivity index (χ0n) is 27.5. The average molecular weight is 798 g/mol. The van der Waals surface area contributed by atoms with Gasteiger partial charge in [0.1, 0.15) is 17.1 Å². The molecular formula is C33H34BrClN10O5S. The van der Waals surface area contributed by atoms with Gasteiger partial charge in [0.15, 0.2) is 0 Å². The first-order valence-corrected chi connectivity index (χ1v) is 16.6. The SMILES string of the molecule is C=C(Br)C(=O)Nc1ccc2sc(C(=O)Nc3c[nH]c(C(=O)Nc4c[nH]c(C(=O)Nc5c[nH]c(C(=O)NCCC(=N)N)c5C)c4C)c3C)cc2c1.Cl. The number of carbonyl (C=O) groups excluding carboxylic acids is 5. The van der Waals surface area contributed by atoms with Gasteiger partial charge in [-0.3, -0.25) is 29.4 Å². The Hall–Kier alpha value is -5.65. The standard InChI is InChI=1S/C33H33BrN10O5S.ClH/c1-14-21(12-38-26(14)31(47)37-8-7-25(35)36)43-33(49)28-16(3)22(13-40-28)44-32(48)27-15(2)20(11-39-27)42-30(46)24-10-18-9-19(5-6-23(18)50-24)41-29(45)17(4)34;/h5-6,9-13,38-40H,4,7-8H2,1-3H3,(H3,35,36)(H,37,47)(H,41,45)(H,42,46)(H,43,49)(H,44,48);1H. The Morgan fingerprint density at radius 2 is 1.27 bits per heavy atom. The second-order valence-electron chi connectivity index (χ2n) is 11.2. The molecule has 0 aliphatic carbocycles. The van der Waals surface area contributed by atoms with Crippen LogP contribution in [0.1, 0.15) is 64.2 Å². The molecule has 0 aliphatic rings. The number of thiophene rings is 1. The highest BCUT2D eigenvalue weighted by Gasteiger charge is 2.22. The molecule has 5 amide bonds. The fourth-order valence-electron chi connectivity index (χ4n) is 4.97. The van der Waals surface area contributed by atoms with Gasteiger partial charge >= 0.3 is 0 Å². The lowest BCUT2D eigenvalue weighted by atomic mass is 10.2. The van der Waals surface area contributed by atoms with Gasteiger partial charge in [-0.2, -0.15) is 0 Å². The average Bonchev–Trinajstić information content (AvgIpc) is 3.83. The molecule has 0 fully saturated rings. The predicted octanol–water partition coefficient (Wildman–Crippen LogP) is 5.89. The lowest BCUT2D eigenvalue weighted by molar-refractivity contribution is -0.112. The second-order valence-corrected chi connectivity index (χ2v) is 13.3. The van der Waals surface area contributed by atoms with E-state index >= 15 is 0 Å². The van der Waals surface area contributed by atoms with Crippen LogP contribution in [-0.4, -0.2) is 56.9 Å². The first-order chi connectivity index (χ1) is 23.7. The summed E-state index contributed by atoms with van der Waals surface area (Å²) in [6.07, 6.45) is 4.74. The monoisotopic (exact) mass is 796 g/mol. The number of rotatable bonds is 12. The minimum Gasteiger partial charge on any atom is -0.388 e. The number of amidine groups is 1. The van der Waals surface area contributed by atoms with Crippen LogP contribution in [0.15, 0.2) is 53.9 Å². The maximum Gasteiger partial charge on any atom is 0.272 e. The van der Waals surface area contributed by atoms with Gasteiger partial charge < -0.3 is 47.3 Å². The summed E-state index contributed by atoms with van der Waals surface area (Å²) in [6.45, 7) is 8.80. The molecular weight excluding hydrogens is 764 g/mol. The number of halogens is 2. The normalized spacial score (nSPS) is 10.6. The highest BCUT2D eigenvalue weighted by Crippen LogP contribution is 2.30. The quantitative estimate of drug-likeness (QED) is 0.0419. The van der Waals surface area contributed by atoms with Crippen molar-refractivity contribution in [3.8, 4) is 0 Å². The molecule has 0 unspecified atom stereocenters. The summed E-state index contributed by atoms with van der Waals surface area (Å²) in [5, 5.41) is 21.8. The van der Waals surface area contributed by atoms with E-state index in [1.807, 2.05) is 6.07 Å². The maximum atomic E-state index is 13.3. The van der Waals surface area contributed by atoms with Crippen LogP contribution in [0.5, 0.6) is 0 Å².